The van der Waals surface area contributed by atoms with Crippen LogP contribution in [-0.4, -0.2) is 22.6 Å². The van der Waals surface area contributed by atoms with Gasteiger partial charge in [-0.1, -0.05) is 45.0 Å². The number of nitrogens with one attached hydrogen (secondary N) is 1. The number of hydrogen-bond donors (Lipinski definition) is 1. The minimum Gasteiger partial charge on any atom is -0.494 e. The molecule has 0 unspecified atom stereocenters. The number of aromatic nitrogens is 2. The second kappa shape index (κ2) is 8.91. The predicted molar refractivity (Wildman–Crippen MR) is 113 cm³/mol. The van der Waals surface area contributed by atoms with Crippen molar-refractivity contribution >= 4 is 17.4 Å². The topological polar surface area (TPSA) is 56.1 Å². The van der Waals surface area contributed by atoms with Crippen molar-refractivity contribution in [2.24, 2.45) is 0 Å². The third-order valence-corrected chi connectivity index (χ3v) is 4.84. The number of fused-ring (bicyclic) bond motifs is 1. The number of carbonyl (C=O) groups excluding carboxylic acids is 1. The van der Waals surface area contributed by atoms with Crippen LogP contribution in [0.3, 0.4) is 0 Å². The predicted octanol–water partition coefficient (Wildman–Crippen LogP) is 4.44. The lowest BCUT2D eigenvalue weighted by atomic mass is 9.87. The number of aryl methyl sites for hydroxylation is 1. The highest BCUT2D eigenvalue weighted by Crippen LogP contribution is 2.24. The number of carbonyl (C=O) groups is 1. The number of nitrogens with zero attached hydrogens (tertiary/aromatic N) is 2. The molecule has 0 spiro atoms. The largest absolute Gasteiger partial charge is 0.494 e. The molecule has 1 amide bonds. The third kappa shape index (κ3) is 4.91. The van der Waals surface area contributed by atoms with Gasteiger partial charge in [-0.15, -0.1) is 0 Å². The van der Waals surface area contributed by atoms with Crippen LogP contribution in [-0.2, 0) is 23.3 Å². The maximum absolute atomic E-state index is 10.6. The van der Waals surface area contributed by atoms with Gasteiger partial charge in [-0.05, 0) is 48.1 Å². The highest BCUT2D eigenvalue weighted by Gasteiger charge is 2.13. The molecule has 5 nitrogen and oxygen atoms in total. The Morgan fingerprint density at radius 3 is 2.54 bits per heavy atom. The van der Waals surface area contributed by atoms with Crippen LogP contribution in [0, 0.1) is 0 Å². The van der Waals surface area contributed by atoms with E-state index >= 15 is 0 Å². The molecule has 1 aromatic heterocycles. The Morgan fingerprint density at radius 2 is 1.82 bits per heavy atom. The average molecular weight is 380 g/mol. The summed E-state index contributed by atoms with van der Waals surface area (Å²) in [6, 6.07) is 16.4. The second-order valence-electron chi connectivity index (χ2n) is 8.00. The number of amides is 1. The van der Waals surface area contributed by atoms with Crippen molar-refractivity contribution in [3.63, 3.8) is 0 Å². The van der Waals surface area contributed by atoms with Gasteiger partial charge in [0.1, 0.15) is 11.6 Å². The molecule has 3 rings (SSSR count). The summed E-state index contributed by atoms with van der Waals surface area (Å²) in [6.45, 7) is 8.60. The van der Waals surface area contributed by atoms with E-state index in [0.29, 0.717) is 19.6 Å². The number of rotatable bonds is 9. The molecule has 0 aliphatic heterocycles. The highest BCUT2D eigenvalue weighted by molar-refractivity contribution is 5.75. The number of unbranched alkanes of at least 4 members (excludes halogenated alkanes) is 1. The summed E-state index contributed by atoms with van der Waals surface area (Å²) in [5.41, 5.74) is 3.52. The quantitative estimate of drug-likeness (QED) is 0.442. The number of imidazole rings is 1. The minimum atomic E-state index is 0.155. The van der Waals surface area contributed by atoms with Crippen LogP contribution in [0.5, 0.6) is 5.75 Å². The van der Waals surface area contributed by atoms with E-state index in [-0.39, 0.29) is 5.41 Å². The minimum absolute atomic E-state index is 0.155. The van der Waals surface area contributed by atoms with Gasteiger partial charge in [0.05, 0.1) is 24.2 Å². The van der Waals surface area contributed by atoms with Gasteiger partial charge >= 0.3 is 0 Å². The van der Waals surface area contributed by atoms with Gasteiger partial charge in [-0.25, -0.2) is 4.98 Å². The van der Waals surface area contributed by atoms with Crippen LogP contribution in [0.15, 0.2) is 48.5 Å². The number of benzene rings is 2. The smallest absolute Gasteiger partial charge is 0.207 e. The highest BCUT2D eigenvalue weighted by atomic mass is 16.5. The standard InChI is InChI=1S/C23H29N3O2/c1-23(2,3)18-10-12-19(13-11-18)28-15-7-6-14-26-21-9-5-4-8-20(21)25-22(26)16-24-17-27/h4-5,8-13,17H,6-7,14-16H2,1-3H3,(H,24,27). The number of hydrogen-bond acceptors (Lipinski definition) is 3. The van der Waals surface area contributed by atoms with Crippen LogP contribution in [0.2, 0.25) is 0 Å². The Morgan fingerprint density at radius 1 is 1.07 bits per heavy atom. The van der Waals surface area contributed by atoms with Crippen molar-refractivity contribution in [2.75, 3.05) is 6.61 Å². The van der Waals surface area contributed by atoms with Crippen molar-refractivity contribution in [2.45, 2.75) is 52.1 Å². The molecule has 0 aliphatic carbocycles. The molecule has 2 aromatic carbocycles. The van der Waals surface area contributed by atoms with Crippen molar-refractivity contribution in [3.05, 3.63) is 59.9 Å². The maximum atomic E-state index is 10.6. The van der Waals surface area contributed by atoms with Crippen LogP contribution < -0.4 is 10.1 Å². The van der Waals surface area contributed by atoms with Gasteiger partial charge in [0.2, 0.25) is 6.41 Å². The lowest BCUT2D eigenvalue weighted by Crippen LogP contribution is -2.15. The Hall–Kier alpha value is -2.82. The van der Waals surface area contributed by atoms with E-state index in [2.05, 4.69) is 53.8 Å². The Bertz CT molecular complexity index is 908. The monoisotopic (exact) mass is 379 g/mol. The van der Waals surface area contributed by atoms with Crippen LogP contribution in [0.4, 0.5) is 0 Å². The lowest BCUT2D eigenvalue weighted by Gasteiger charge is -2.19. The van der Waals surface area contributed by atoms with Crippen molar-refractivity contribution in [1.82, 2.24) is 14.9 Å². The van der Waals surface area contributed by atoms with Crippen molar-refractivity contribution in [1.29, 1.82) is 0 Å². The zero-order valence-corrected chi connectivity index (χ0v) is 16.9. The number of para-hydroxylation sites is 2. The van der Waals surface area contributed by atoms with Crippen LogP contribution in [0.25, 0.3) is 11.0 Å². The molecule has 0 atom stereocenters. The van der Waals surface area contributed by atoms with E-state index < -0.39 is 0 Å². The molecular weight excluding hydrogens is 350 g/mol. The molecule has 0 fully saturated rings. The van der Waals surface area contributed by atoms with E-state index in [1.165, 1.54) is 5.56 Å². The summed E-state index contributed by atoms with van der Waals surface area (Å²) in [5, 5.41) is 2.72. The normalized spacial score (nSPS) is 11.5. The first-order valence-corrected chi connectivity index (χ1v) is 9.83. The first-order valence-electron chi connectivity index (χ1n) is 9.83. The van der Waals surface area contributed by atoms with Crippen molar-refractivity contribution in [3.8, 4) is 5.75 Å². The van der Waals surface area contributed by atoms with Gasteiger partial charge in [0.15, 0.2) is 0 Å². The summed E-state index contributed by atoms with van der Waals surface area (Å²) in [6.07, 6.45) is 2.64. The SMILES string of the molecule is CC(C)(C)c1ccc(OCCCCn2c(CNC=O)nc3ccccc32)cc1. The number of ether oxygens (including phenoxy) is 1. The second-order valence-corrected chi connectivity index (χ2v) is 8.00. The molecule has 1 heterocycles. The third-order valence-electron chi connectivity index (χ3n) is 4.84. The van der Waals surface area contributed by atoms with E-state index in [1.54, 1.807) is 0 Å². The summed E-state index contributed by atoms with van der Waals surface area (Å²) in [4.78, 5) is 15.3. The molecular formula is C23H29N3O2. The average Bonchev–Trinajstić information content (AvgIpc) is 3.03. The Kier molecular flexibility index (Phi) is 6.34. The van der Waals surface area contributed by atoms with Gasteiger partial charge in [0.25, 0.3) is 0 Å². The zero-order valence-electron chi connectivity index (χ0n) is 16.9. The van der Waals surface area contributed by atoms with E-state index in [9.17, 15) is 4.79 Å². The van der Waals surface area contributed by atoms with Gasteiger partial charge in [0, 0.05) is 6.54 Å². The molecule has 148 valence electrons. The van der Waals surface area contributed by atoms with Gasteiger partial charge < -0.3 is 14.6 Å². The summed E-state index contributed by atoms with van der Waals surface area (Å²) in [5.74, 6) is 1.80. The first kappa shape index (κ1) is 19.9. The van der Waals surface area contributed by atoms with Crippen molar-refractivity contribution < 1.29 is 9.53 Å². The molecule has 0 bridgehead atoms. The summed E-state index contributed by atoms with van der Waals surface area (Å²) in [7, 11) is 0. The maximum Gasteiger partial charge on any atom is 0.207 e. The zero-order chi connectivity index (χ0) is 20.0. The van der Waals surface area contributed by atoms with E-state index in [0.717, 1.165) is 42.0 Å². The van der Waals surface area contributed by atoms with E-state index in [4.69, 9.17) is 4.74 Å². The Balaban J connectivity index is 1.53. The molecule has 1 N–H and O–H groups in total. The molecule has 3 aromatic rings. The molecule has 0 saturated heterocycles. The van der Waals surface area contributed by atoms with Crippen LogP contribution >= 0.6 is 0 Å². The van der Waals surface area contributed by atoms with E-state index in [1.807, 2.05) is 30.3 Å². The fraction of sp³-hybridized carbons (Fsp3) is 0.391. The lowest BCUT2D eigenvalue weighted by molar-refractivity contribution is -0.109. The fourth-order valence-corrected chi connectivity index (χ4v) is 3.26. The molecule has 28 heavy (non-hydrogen) atoms. The summed E-state index contributed by atoms with van der Waals surface area (Å²) >= 11 is 0. The Labute approximate surface area is 166 Å². The van der Waals surface area contributed by atoms with Gasteiger partial charge in [-0.2, -0.15) is 0 Å². The molecule has 0 saturated carbocycles. The molecule has 0 radical (unpaired) electrons. The van der Waals surface area contributed by atoms with Gasteiger partial charge in [-0.3, -0.25) is 4.79 Å². The first-order chi connectivity index (χ1) is 13.5. The fourth-order valence-electron chi connectivity index (χ4n) is 3.26. The molecule has 5 heteroatoms. The van der Waals surface area contributed by atoms with Crippen LogP contribution in [0.1, 0.15) is 45.0 Å². The molecule has 0 aliphatic rings. The summed E-state index contributed by atoms with van der Waals surface area (Å²) < 4.78 is 8.08.